The second-order valence-electron chi connectivity index (χ2n) is 7.20. The number of hydrogen-bond donors (Lipinski definition) is 1. The number of anilines is 2. The zero-order valence-electron chi connectivity index (χ0n) is 15.2. The summed E-state index contributed by atoms with van der Waals surface area (Å²) in [5.74, 6) is 1.03. The summed E-state index contributed by atoms with van der Waals surface area (Å²) in [5.41, 5.74) is 3.27. The molecule has 2 aliphatic rings. The molecular weight excluding hydrogens is 326 g/mol. The lowest BCUT2D eigenvalue weighted by Crippen LogP contribution is -2.36. The van der Waals surface area contributed by atoms with Gasteiger partial charge in [-0.05, 0) is 49.8 Å². The van der Waals surface area contributed by atoms with Gasteiger partial charge in [0, 0.05) is 50.8 Å². The molecule has 0 aliphatic carbocycles. The van der Waals surface area contributed by atoms with Gasteiger partial charge in [-0.15, -0.1) is 0 Å². The second-order valence-corrected chi connectivity index (χ2v) is 7.20. The van der Waals surface area contributed by atoms with Crippen LogP contribution < -0.4 is 10.4 Å². The monoisotopic (exact) mass is 351 g/mol. The number of aryl methyl sites for hydroxylation is 2. The summed E-state index contributed by atoms with van der Waals surface area (Å²) in [5, 5.41) is 8.03. The van der Waals surface area contributed by atoms with E-state index < -0.39 is 0 Å². The number of likely N-dealkylation sites (tertiary alicyclic amines) is 1. The molecule has 0 saturated carbocycles. The van der Waals surface area contributed by atoms with Crippen LogP contribution in [0, 0.1) is 5.41 Å². The quantitative estimate of drug-likeness (QED) is 0.904. The van der Waals surface area contributed by atoms with Gasteiger partial charge in [0.1, 0.15) is 11.3 Å². The molecule has 2 aromatic heterocycles. The predicted molar refractivity (Wildman–Crippen MR) is 101 cm³/mol. The van der Waals surface area contributed by atoms with Crippen LogP contribution in [0.4, 0.5) is 11.5 Å². The standard InChI is InChI=1S/C20H25N5O/c1-23-11-7-17(13-18(23)21)25-10-5-6-15-12-16(14-22-19(15)25)20(26)24-8-3-2-4-9-24/h7,11-14,21H,2-6,8-10H2,1H3. The molecule has 1 N–H and O–H groups in total. The van der Waals surface area contributed by atoms with Crippen LogP contribution in [-0.4, -0.2) is 40.0 Å². The largest absolute Gasteiger partial charge is 0.339 e. The molecule has 0 atom stereocenters. The molecule has 6 nitrogen and oxygen atoms in total. The lowest BCUT2D eigenvalue weighted by atomic mass is 10.0. The van der Waals surface area contributed by atoms with Gasteiger partial charge >= 0.3 is 0 Å². The Morgan fingerprint density at radius 1 is 1.12 bits per heavy atom. The Hall–Kier alpha value is -2.63. The van der Waals surface area contributed by atoms with Crippen molar-refractivity contribution in [1.29, 1.82) is 5.41 Å². The second kappa shape index (κ2) is 6.94. The van der Waals surface area contributed by atoms with E-state index in [1.165, 1.54) is 6.42 Å². The van der Waals surface area contributed by atoms with Gasteiger partial charge in [-0.3, -0.25) is 10.2 Å². The van der Waals surface area contributed by atoms with E-state index >= 15 is 0 Å². The fourth-order valence-electron chi connectivity index (χ4n) is 3.84. The summed E-state index contributed by atoms with van der Waals surface area (Å²) < 4.78 is 1.78. The lowest BCUT2D eigenvalue weighted by molar-refractivity contribution is 0.0724. The number of nitrogens with zero attached hydrogens (tertiary/aromatic N) is 4. The molecule has 1 amide bonds. The summed E-state index contributed by atoms with van der Waals surface area (Å²) >= 11 is 0. The highest BCUT2D eigenvalue weighted by Crippen LogP contribution is 2.31. The number of rotatable bonds is 2. The van der Waals surface area contributed by atoms with Crippen molar-refractivity contribution < 1.29 is 4.79 Å². The molecular formula is C20H25N5O. The topological polar surface area (TPSA) is 65.2 Å². The average molecular weight is 351 g/mol. The highest BCUT2D eigenvalue weighted by Gasteiger charge is 2.24. The number of amides is 1. The molecule has 0 unspecified atom stereocenters. The van der Waals surface area contributed by atoms with E-state index in [-0.39, 0.29) is 5.91 Å². The maximum atomic E-state index is 12.8. The zero-order chi connectivity index (χ0) is 18.1. The van der Waals surface area contributed by atoms with E-state index in [9.17, 15) is 4.79 Å². The van der Waals surface area contributed by atoms with Gasteiger partial charge in [0.05, 0.1) is 5.56 Å². The molecule has 0 aromatic carbocycles. The number of aromatic nitrogens is 2. The van der Waals surface area contributed by atoms with Crippen molar-refractivity contribution in [3.05, 3.63) is 47.2 Å². The van der Waals surface area contributed by atoms with Crippen molar-refractivity contribution in [1.82, 2.24) is 14.5 Å². The van der Waals surface area contributed by atoms with E-state index in [4.69, 9.17) is 5.41 Å². The fourth-order valence-corrected chi connectivity index (χ4v) is 3.84. The highest BCUT2D eigenvalue weighted by molar-refractivity contribution is 5.94. The summed E-state index contributed by atoms with van der Waals surface area (Å²) in [6.07, 6.45) is 8.99. The van der Waals surface area contributed by atoms with Crippen LogP contribution >= 0.6 is 0 Å². The van der Waals surface area contributed by atoms with E-state index in [1.54, 1.807) is 10.8 Å². The number of fused-ring (bicyclic) bond motifs is 1. The third kappa shape index (κ3) is 3.11. The van der Waals surface area contributed by atoms with Gasteiger partial charge < -0.3 is 14.4 Å². The predicted octanol–water partition coefficient (Wildman–Crippen LogP) is 2.61. The Labute approximate surface area is 153 Å². The van der Waals surface area contributed by atoms with Crippen molar-refractivity contribution >= 4 is 17.4 Å². The maximum Gasteiger partial charge on any atom is 0.255 e. The average Bonchev–Trinajstić information content (AvgIpc) is 2.69. The van der Waals surface area contributed by atoms with Crippen molar-refractivity contribution in [2.45, 2.75) is 32.1 Å². The first-order valence-corrected chi connectivity index (χ1v) is 9.40. The number of carbonyl (C=O) groups is 1. The smallest absolute Gasteiger partial charge is 0.255 e. The van der Waals surface area contributed by atoms with Crippen LogP contribution in [0.15, 0.2) is 30.6 Å². The van der Waals surface area contributed by atoms with Crippen LogP contribution in [0.5, 0.6) is 0 Å². The minimum atomic E-state index is 0.109. The van der Waals surface area contributed by atoms with E-state index in [2.05, 4.69) is 9.88 Å². The molecule has 2 aromatic rings. The molecule has 1 saturated heterocycles. The summed E-state index contributed by atoms with van der Waals surface area (Å²) in [7, 11) is 1.87. The van der Waals surface area contributed by atoms with Crippen molar-refractivity contribution in [3.8, 4) is 0 Å². The van der Waals surface area contributed by atoms with Gasteiger partial charge in [-0.2, -0.15) is 0 Å². The molecule has 4 heterocycles. The number of nitrogens with one attached hydrogen (secondary N) is 1. The zero-order valence-corrected chi connectivity index (χ0v) is 15.2. The first-order valence-electron chi connectivity index (χ1n) is 9.40. The molecule has 136 valence electrons. The summed E-state index contributed by atoms with van der Waals surface area (Å²) in [4.78, 5) is 21.5. The first kappa shape index (κ1) is 16.8. The molecule has 0 spiro atoms. The first-order chi connectivity index (χ1) is 12.6. The maximum absolute atomic E-state index is 12.8. The van der Waals surface area contributed by atoms with Gasteiger partial charge in [0.15, 0.2) is 0 Å². The van der Waals surface area contributed by atoms with Gasteiger partial charge in [0.25, 0.3) is 5.91 Å². The number of piperidine rings is 1. The van der Waals surface area contributed by atoms with Gasteiger partial charge in [-0.25, -0.2) is 4.98 Å². The molecule has 0 radical (unpaired) electrons. The lowest BCUT2D eigenvalue weighted by Gasteiger charge is -2.31. The van der Waals surface area contributed by atoms with E-state index in [0.29, 0.717) is 11.1 Å². The molecule has 4 rings (SSSR count). The Morgan fingerprint density at radius 2 is 1.92 bits per heavy atom. The number of hydrogen-bond acceptors (Lipinski definition) is 4. The summed E-state index contributed by atoms with van der Waals surface area (Å²) in [6, 6.07) is 5.90. The van der Waals surface area contributed by atoms with Gasteiger partial charge in [0.2, 0.25) is 0 Å². The number of carbonyl (C=O) groups excluding carboxylic acids is 1. The minimum absolute atomic E-state index is 0.109. The van der Waals surface area contributed by atoms with Crippen molar-refractivity contribution in [2.24, 2.45) is 7.05 Å². The van der Waals surface area contributed by atoms with Gasteiger partial charge in [-0.1, -0.05) is 0 Å². The third-order valence-corrected chi connectivity index (χ3v) is 5.36. The van der Waals surface area contributed by atoms with Crippen LogP contribution in [0.3, 0.4) is 0 Å². The molecule has 1 fully saturated rings. The highest BCUT2D eigenvalue weighted by atomic mass is 16.2. The van der Waals surface area contributed by atoms with Crippen LogP contribution in [0.1, 0.15) is 41.6 Å². The fraction of sp³-hybridized carbons (Fsp3) is 0.450. The normalized spacial score (nSPS) is 17.1. The van der Waals surface area contributed by atoms with E-state index in [1.807, 2.05) is 36.3 Å². The molecule has 26 heavy (non-hydrogen) atoms. The van der Waals surface area contributed by atoms with E-state index in [0.717, 1.165) is 62.4 Å². The van der Waals surface area contributed by atoms with Crippen molar-refractivity contribution in [2.75, 3.05) is 24.5 Å². The summed E-state index contributed by atoms with van der Waals surface area (Å²) in [6.45, 7) is 2.59. The molecule has 6 heteroatoms. The third-order valence-electron chi connectivity index (χ3n) is 5.36. The van der Waals surface area contributed by atoms with Crippen LogP contribution in [-0.2, 0) is 13.5 Å². The SMILES string of the molecule is Cn1ccc(N2CCCc3cc(C(=O)N4CCCCC4)cnc32)cc1=N. The Kier molecular flexibility index (Phi) is 4.49. The minimum Gasteiger partial charge on any atom is -0.339 e. The Balaban J connectivity index is 1.64. The number of pyridine rings is 2. The van der Waals surface area contributed by atoms with Crippen LogP contribution in [0.25, 0.3) is 0 Å². The Morgan fingerprint density at radius 3 is 2.69 bits per heavy atom. The molecule has 0 bridgehead atoms. The molecule has 2 aliphatic heterocycles. The Bertz CT molecular complexity index is 882. The van der Waals surface area contributed by atoms with Crippen LogP contribution in [0.2, 0.25) is 0 Å². The van der Waals surface area contributed by atoms with Crippen molar-refractivity contribution in [3.63, 3.8) is 0 Å².